The van der Waals surface area contributed by atoms with Crippen LogP contribution in [0.4, 0.5) is 0 Å². The molecule has 2 aliphatic carbocycles. The van der Waals surface area contributed by atoms with Gasteiger partial charge >= 0.3 is 139 Å². The van der Waals surface area contributed by atoms with Gasteiger partial charge in [-0.2, -0.15) is 0 Å². The number of allylic oxidation sites excluding steroid dienone is 5. The van der Waals surface area contributed by atoms with Gasteiger partial charge in [0, 0.05) is 11.3 Å². The average molecular weight is 551 g/mol. The molecule has 6 rings (SSSR count). The van der Waals surface area contributed by atoms with Crippen molar-refractivity contribution in [3.63, 3.8) is 0 Å². The first-order valence-corrected chi connectivity index (χ1v) is 12.0. The summed E-state index contributed by atoms with van der Waals surface area (Å²) >= 11 is 1.50. The number of halogens is 2. The maximum atomic E-state index is 6.10. The van der Waals surface area contributed by atoms with Gasteiger partial charge in [0.25, 0.3) is 0 Å². The van der Waals surface area contributed by atoms with E-state index in [1.54, 1.807) is 0 Å². The fraction of sp³-hybridized carbons (Fsp3) is 0.107. The summed E-state index contributed by atoms with van der Waals surface area (Å²) in [5, 5.41) is 0. The summed E-state index contributed by atoms with van der Waals surface area (Å²) in [6, 6.07) is 23.0. The van der Waals surface area contributed by atoms with E-state index in [-0.39, 0.29) is 24.8 Å². The van der Waals surface area contributed by atoms with Gasteiger partial charge < -0.3 is 24.8 Å². The molecule has 1 aromatic heterocycles. The van der Waals surface area contributed by atoms with E-state index in [0.29, 0.717) is 3.63 Å². The van der Waals surface area contributed by atoms with Crippen molar-refractivity contribution in [1.29, 1.82) is 0 Å². The third-order valence-electron chi connectivity index (χ3n) is 5.65. The van der Waals surface area contributed by atoms with Gasteiger partial charge in [-0.25, -0.2) is 0 Å². The molecule has 3 aliphatic rings. The zero-order valence-electron chi connectivity index (χ0n) is 18.1. The van der Waals surface area contributed by atoms with Gasteiger partial charge in [0.05, 0.1) is 5.70 Å². The molecule has 1 unspecified atom stereocenters. The second-order valence-electron chi connectivity index (χ2n) is 7.66. The Morgan fingerprint density at radius 1 is 0.879 bits per heavy atom. The molecule has 3 aromatic rings. The van der Waals surface area contributed by atoms with Crippen LogP contribution in [-0.4, -0.2) is 5.71 Å². The van der Waals surface area contributed by atoms with Crippen molar-refractivity contribution in [3.05, 3.63) is 119 Å². The molecular formula is C28H22Cl2NOZr. The van der Waals surface area contributed by atoms with Gasteiger partial charge in [-0.15, -0.1) is 0 Å². The predicted octanol–water partition coefficient (Wildman–Crippen LogP) is 1.33. The fourth-order valence-electron chi connectivity index (χ4n) is 3.98. The molecule has 1 atom stereocenters. The molecule has 2 nitrogen and oxygen atoms in total. The summed E-state index contributed by atoms with van der Waals surface area (Å²) < 4.78 is 6.58. The molecule has 0 saturated heterocycles. The molecule has 163 valence electrons. The molecule has 2 heterocycles. The van der Waals surface area contributed by atoms with Gasteiger partial charge in [0.15, 0.2) is 0 Å². The first kappa shape index (κ1) is 25.4. The third kappa shape index (κ3) is 5.32. The number of benzene rings is 2. The minimum atomic E-state index is 0. The van der Waals surface area contributed by atoms with E-state index in [1.807, 2.05) is 24.3 Å². The molecule has 1 aliphatic heterocycles. The van der Waals surface area contributed by atoms with Crippen molar-refractivity contribution in [3.8, 4) is 11.3 Å². The molecule has 0 fully saturated rings. The predicted molar refractivity (Wildman–Crippen MR) is 124 cm³/mol. The summed E-state index contributed by atoms with van der Waals surface area (Å²) in [7, 11) is 0. The van der Waals surface area contributed by atoms with Crippen LogP contribution in [0.25, 0.3) is 23.0 Å². The Kier molecular flexibility index (Phi) is 8.71. The second kappa shape index (κ2) is 11.3. The fourth-order valence-corrected chi connectivity index (χ4v) is 5.18. The van der Waals surface area contributed by atoms with Crippen molar-refractivity contribution in [2.24, 2.45) is 4.99 Å². The van der Waals surface area contributed by atoms with Gasteiger partial charge in [-0.1, -0.05) is 19.1 Å². The zero-order valence-corrected chi connectivity index (χ0v) is 22.1. The first-order valence-electron chi connectivity index (χ1n) is 10.6. The Morgan fingerprint density at radius 2 is 1.61 bits per heavy atom. The normalized spacial score (nSPS) is 16.8. The van der Waals surface area contributed by atoms with Crippen LogP contribution in [0.1, 0.15) is 33.9 Å². The molecule has 33 heavy (non-hydrogen) atoms. The van der Waals surface area contributed by atoms with Gasteiger partial charge in [0.1, 0.15) is 0 Å². The summed E-state index contributed by atoms with van der Waals surface area (Å²) in [5.74, 6) is 1.93. The molecule has 0 amide bonds. The van der Waals surface area contributed by atoms with E-state index < -0.39 is 0 Å². The van der Waals surface area contributed by atoms with E-state index in [4.69, 9.17) is 4.42 Å². The topological polar surface area (TPSA) is 25.5 Å². The quantitative estimate of drug-likeness (QED) is 0.484. The molecular weight excluding hydrogens is 528 g/mol. The van der Waals surface area contributed by atoms with Gasteiger partial charge in [-0.05, 0) is 18.6 Å². The average Bonchev–Trinajstić information content (AvgIpc) is 3.58. The SMILES string of the molecule is CCC1=NC2=CC=CC2=C1.[Cl-].[Cl-].[Zr+2][CH]1C(c2ccc(-c3ccccc3)o2)=Cc2ccccc21. The first-order chi connectivity index (χ1) is 15.2. The van der Waals surface area contributed by atoms with Crippen LogP contribution in [0.3, 0.4) is 0 Å². The number of fused-ring (bicyclic) bond motifs is 2. The van der Waals surface area contributed by atoms with Crippen LogP contribution < -0.4 is 24.8 Å². The van der Waals surface area contributed by atoms with E-state index in [2.05, 4.69) is 84.8 Å². The van der Waals surface area contributed by atoms with Gasteiger partial charge in [-0.3, -0.25) is 4.99 Å². The molecule has 0 spiro atoms. The number of hydrogen-bond acceptors (Lipinski definition) is 2. The summed E-state index contributed by atoms with van der Waals surface area (Å²) in [4.78, 5) is 4.39. The Hall–Kier alpha value is -2.19. The number of rotatable bonds is 3. The van der Waals surface area contributed by atoms with Crippen molar-refractivity contribution in [1.82, 2.24) is 0 Å². The van der Waals surface area contributed by atoms with E-state index in [0.717, 1.165) is 29.2 Å². The van der Waals surface area contributed by atoms with E-state index >= 15 is 0 Å². The van der Waals surface area contributed by atoms with Crippen molar-refractivity contribution >= 4 is 17.4 Å². The Bertz CT molecular complexity index is 1280. The number of furan rings is 1. The van der Waals surface area contributed by atoms with Crippen LogP contribution in [-0.2, 0) is 24.7 Å². The van der Waals surface area contributed by atoms with Crippen LogP contribution in [0.5, 0.6) is 0 Å². The maximum absolute atomic E-state index is 6.10. The second-order valence-corrected chi connectivity index (χ2v) is 9.08. The van der Waals surface area contributed by atoms with Crippen molar-refractivity contribution in [2.75, 3.05) is 0 Å². The molecule has 2 aromatic carbocycles. The Morgan fingerprint density at radius 3 is 2.33 bits per heavy atom. The van der Waals surface area contributed by atoms with Crippen molar-refractivity contribution < 1.29 is 54.0 Å². The van der Waals surface area contributed by atoms with Crippen LogP contribution >= 0.6 is 0 Å². The Balaban J connectivity index is 0.000000217. The summed E-state index contributed by atoms with van der Waals surface area (Å²) in [5.41, 5.74) is 8.78. The van der Waals surface area contributed by atoms with E-state index in [1.165, 1.54) is 52.7 Å². The summed E-state index contributed by atoms with van der Waals surface area (Å²) in [6.45, 7) is 2.13. The van der Waals surface area contributed by atoms with E-state index in [9.17, 15) is 0 Å². The molecule has 0 bridgehead atoms. The van der Waals surface area contributed by atoms with Crippen molar-refractivity contribution in [2.45, 2.75) is 17.0 Å². The molecule has 0 radical (unpaired) electrons. The monoisotopic (exact) mass is 548 g/mol. The molecule has 0 saturated carbocycles. The number of nitrogens with zero attached hydrogens (tertiary/aromatic N) is 1. The number of aliphatic imine (C=N–C) groups is 1. The van der Waals surface area contributed by atoms with Crippen LogP contribution in [0.15, 0.2) is 112 Å². The molecule has 5 heteroatoms. The van der Waals surface area contributed by atoms with Crippen LogP contribution in [0, 0.1) is 0 Å². The zero-order chi connectivity index (χ0) is 21.2. The van der Waals surface area contributed by atoms with Crippen LogP contribution in [0.2, 0.25) is 0 Å². The third-order valence-corrected chi connectivity index (χ3v) is 7.18. The molecule has 0 N–H and O–H groups in total. The Labute approximate surface area is 222 Å². The minimum absolute atomic E-state index is 0. The number of hydrogen-bond donors (Lipinski definition) is 0. The van der Waals surface area contributed by atoms with Gasteiger partial charge in [0.2, 0.25) is 0 Å². The standard InChI is InChI=1S/C19H13O.C9H9N.2ClH.Zr/c1-2-6-14(7-3-1)18-10-11-19(20-18)17-12-15-8-4-5-9-16(15)13-17;1-2-8-6-7-4-3-5-9(7)10-8;;;/h1-13H;3-6H,2H2,1H3;2*1H;/q;;;;+2/p-2. The summed E-state index contributed by atoms with van der Waals surface area (Å²) in [6.07, 6.45) is 11.6.